The maximum atomic E-state index is 14.6. The number of amides is 2. The van der Waals surface area contributed by atoms with Gasteiger partial charge in [0.15, 0.2) is 0 Å². The van der Waals surface area contributed by atoms with E-state index in [1.165, 1.54) is 23.1 Å². The summed E-state index contributed by atoms with van der Waals surface area (Å²) >= 11 is 18.9. The summed E-state index contributed by atoms with van der Waals surface area (Å²) in [5.41, 5.74) is 1.67. The van der Waals surface area contributed by atoms with Crippen LogP contribution in [0.3, 0.4) is 0 Å². The maximum Gasteiger partial charge on any atom is 0.264 e. The molecule has 4 rings (SSSR count). The minimum Gasteiger partial charge on any atom is -0.350 e. The van der Waals surface area contributed by atoms with E-state index >= 15 is 0 Å². The van der Waals surface area contributed by atoms with Crippen LogP contribution in [0.25, 0.3) is 0 Å². The van der Waals surface area contributed by atoms with E-state index in [9.17, 15) is 18.0 Å². The minimum absolute atomic E-state index is 0.00418. The molecule has 0 saturated heterocycles. The number of rotatable bonds is 11. The molecule has 0 aromatic heterocycles. The first kappa shape index (κ1) is 35.3. The van der Waals surface area contributed by atoms with Crippen molar-refractivity contribution in [2.45, 2.75) is 57.1 Å². The number of aryl methyl sites for hydroxylation is 1. The molecule has 0 unspecified atom stereocenters. The largest absolute Gasteiger partial charge is 0.350 e. The summed E-state index contributed by atoms with van der Waals surface area (Å²) in [4.78, 5) is 30.0. The first-order valence-corrected chi connectivity index (χ1v) is 17.2. The number of anilines is 1. The SMILES string of the molecule is Cc1ccc(Cl)cc1N(CC(=O)N(Cc1ccc(Cl)c(Cl)c1)[C@H](Cc1ccccc1)C(=O)NC(C)(C)C)S(=O)(=O)c1ccccc1. The van der Waals surface area contributed by atoms with E-state index in [0.29, 0.717) is 21.2 Å². The molecule has 1 N–H and O–H groups in total. The lowest BCUT2D eigenvalue weighted by Crippen LogP contribution is -2.56. The van der Waals surface area contributed by atoms with Gasteiger partial charge < -0.3 is 10.2 Å². The molecule has 0 spiro atoms. The Balaban J connectivity index is 1.86. The summed E-state index contributed by atoms with van der Waals surface area (Å²) in [6.07, 6.45) is 0.178. The van der Waals surface area contributed by atoms with E-state index < -0.39 is 34.1 Å². The van der Waals surface area contributed by atoms with Gasteiger partial charge in [0.25, 0.3) is 10.0 Å². The van der Waals surface area contributed by atoms with Gasteiger partial charge in [0.2, 0.25) is 11.8 Å². The molecule has 0 saturated carbocycles. The number of sulfonamides is 1. The molecule has 0 heterocycles. The Bertz CT molecular complexity index is 1800. The molecule has 0 radical (unpaired) electrons. The average Bonchev–Trinajstić information content (AvgIpc) is 3.00. The van der Waals surface area contributed by atoms with Crippen molar-refractivity contribution in [3.8, 4) is 0 Å². The smallest absolute Gasteiger partial charge is 0.264 e. The van der Waals surface area contributed by atoms with E-state index in [4.69, 9.17) is 34.8 Å². The molecule has 4 aromatic rings. The van der Waals surface area contributed by atoms with Crippen molar-refractivity contribution in [2.24, 2.45) is 0 Å². The van der Waals surface area contributed by atoms with Crippen LogP contribution in [0, 0.1) is 6.92 Å². The summed E-state index contributed by atoms with van der Waals surface area (Å²) in [5, 5.41) is 3.94. The van der Waals surface area contributed by atoms with Gasteiger partial charge in [-0.25, -0.2) is 8.42 Å². The quantitative estimate of drug-likeness (QED) is 0.174. The highest BCUT2D eigenvalue weighted by Crippen LogP contribution is 2.31. The normalized spacial score (nSPS) is 12.3. The number of hydrogen-bond acceptors (Lipinski definition) is 4. The highest BCUT2D eigenvalue weighted by atomic mass is 35.5. The van der Waals surface area contributed by atoms with Crippen LogP contribution < -0.4 is 9.62 Å². The third-order valence-corrected chi connectivity index (χ3v) is 9.90. The van der Waals surface area contributed by atoms with Gasteiger partial charge in [-0.3, -0.25) is 13.9 Å². The minimum atomic E-state index is -4.25. The summed E-state index contributed by atoms with van der Waals surface area (Å²) in [6, 6.07) is 26.0. The van der Waals surface area contributed by atoms with Crippen molar-refractivity contribution in [2.75, 3.05) is 10.8 Å². The van der Waals surface area contributed by atoms with E-state index in [1.54, 1.807) is 55.5 Å². The predicted octanol–water partition coefficient (Wildman–Crippen LogP) is 7.71. The second-order valence-electron chi connectivity index (χ2n) is 12.0. The van der Waals surface area contributed by atoms with E-state index in [2.05, 4.69) is 5.32 Å². The Hall–Kier alpha value is -3.56. The van der Waals surface area contributed by atoms with Crippen LogP contribution >= 0.6 is 34.8 Å². The Morgan fingerprint density at radius 3 is 2.04 bits per heavy atom. The molecule has 2 amide bonds. The van der Waals surface area contributed by atoms with Gasteiger partial charge in [0.1, 0.15) is 12.6 Å². The number of benzene rings is 4. The van der Waals surface area contributed by atoms with Crippen LogP contribution in [0.5, 0.6) is 0 Å². The maximum absolute atomic E-state index is 14.6. The zero-order valence-corrected chi connectivity index (χ0v) is 29.1. The molecule has 0 aliphatic carbocycles. The fourth-order valence-electron chi connectivity index (χ4n) is 4.93. The van der Waals surface area contributed by atoms with Gasteiger partial charge in [-0.05, 0) is 80.8 Å². The third kappa shape index (κ3) is 9.04. The van der Waals surface area contributed by atoms with Gasteiger partial charge in [0.05, 0.1) is 20.6 Å². The molecule has 0 fully saturated rings. The third-order valence-electron chi connectivity index (χ3n) is 7.16. The second-order valence-corrected chi connectivity index (χ2v) is 15.1. The number of hydrogen-bond donors (Lipinski definition) is 1. The molecule has 0 aliphatic rings. The van der Waals surface area contributed by atoms with Crippen LogP contribution in [-0.2, 0) is 32.6 Å². The zero-order chi connectivity index (χ0) is 33.6. The van der Waals surface area contributed by atoms with Gasteiger partial charge in [0, 0.05) is 23.5 Å². The topological polar surface area (TPSA) is 86.8 Å². The highest BCUT2D eigenvalue weighted by Gasteiger charge is 2.36. The molecule has 46 heavy (non-hydrogen) atoms. The van der Waals surface area contributed by atoms with Crippen LogP contribution in [-0.4, -0.2) is 43.3 Å². The fourth-order valence-corrected chi connectivity index (χ4v) is 6.90. The van der Waals surface area contributed by atoms with Crippen molar-refractivity contribution in [1.82, 2.24) is 10.2 Å². The molecule has 0 bridgehead atoms. The lowest BCUT2D eigenvalue weighted by molar-refractivity contribution is -0.140. The van der Waals surface area contributed by atoms with Crippen LogP contribution in [0.15, 0.2) is 102 Å². The molecule has 242 valence electrons. The number of nitrogens with zero attached hydrogens (tertiary/aromatic N) is 2. The van der Waals surface area contributed by atoms with Gasteiger partial charge in [-0.15, -0.1) is 0 Å². The monoisotopic (exact) mass is 699 g/mol. The van der Waals surface area contributed by atoms with Crippen molar-refractivity contribution in [3.63, 3.8) is 0 Å². The van der Waals surface area contributed by atoms with Crippen molar-refractivity contribution in [3.05, 3.63) is 129 Å². The van der Waals surface area contributed by atoms with Crippen LogP contribution in [0.2, 0.25) is 15.1 Å². The Morgan fingerprint density at radius 1 is 0.804 bits per heavy atom. The molecule has 11 heteroatoms. The lowest BCUT2D eigenvalue weighted by Gasteiger charge is -2.35. The van der Waals surface area contributed by atoms with Gasteiger partial charge in [-0.2, -0.15) is 0 Å². The van der Waals surface area contributed by atoms with E-state index in [-0.39, 0.29) is 34.5 Å². The van der Waals surface area contributed by atoms with Crippen LogP contribution in [0.4, 0.5) is 5.69 Å². The molecule has 7 nitrogen and oxygen atoms in total. The van der Waals surface area contributed by atoms with Crippen LogP contribution in [0.1, 0.15) is 37.5 Å². The first-order chi connectivity index (χ1) is 21.7. The van der Waals surface area contributed by atoms with Gasteiger partial charge in [-0.1, -0.05) is 95.5 Å². The molecule has 0 aliphatic heterocycles. The number of carbonyl (C=O) groups is 2. The lowest BCUT2D eigenvalue weighted by atomic mass is 10.0. The molecular weight excluding hydrogens is 665 g/mol. The van der Waals surface area contributed by atoms with Gasteiger partial charge >= 0.3 is 0 Å². The Kier molecular flexibility index (Phi) is 11.4. The second kappa shape index (κ2) is 14.9. The number of nitrogens with one attached hydrogen (secondary N) is 1. The molecule has 1 atom stereocenters. The Labute approximate surface area is 286 Å². The van der Waals surface area contributed by atoms with Crippen molar-refractivity contribution >= 4 is 62.3 Å². The molecular formula is C35H36Cl3N3O4S. The van der Waals surface area contributed by atoms with E-state index in [0.717, 1.165) is 9.87 Å². The predicted molar refractivity (Wildman–Crippen MR) is 186 cm³/mol. The first-order valence-electron chi connectivity index (χ1n) is 14.6. The van der Waals surface area contributed by atoms with Crippen molar-refractivity contribution in [1.29, 1.82) is 0 Å². The van der Waals surface area contributed by atoms with E-state index in [1.807, 2.05) is 51.1 Å². The Morgan fingerprint density at radius 2 is 1.43 bits per heavy atom. The standard InChI is InChI=1S/C35H36Cl3N3O4S/c1-24-15-17-27(36)21-31(24)41(46(44,45)28-13-9-6-10-14-28)23-33(42)40(22-26-16-18-29(37)30(38)19-26)32(34(43)39-35(2,3)4)20-25-11-7-5-8-12-25/h5-19,21,32H,20,22-23H2,1-4H3,(H,39,43)/t32-/m1/s1. The molecule has 4 aromatic carbocycles. The zero-order valence-electron chi connectivity index (χ0n) is 26.0. The summed E-state index contributed by atoms with van der Waals surface area (Å²) in [7, 11) is -4.25. The number of halogens is 3. The summed E-state index contributed by atoms with van der Waals surface area (Å²) in [6.45, 7) is 6.65. The highest BCUT2D eigenvalue weighted by molar-refractivity contribution is 7.92. The average molecular weight is 701 g/mol. The summed E-state index contributed by atoms with van der Waals surface area (Å²) < 4.78 is 29.4. The summed E-state index contributed by atoms with van der Waals surface area (Å²) in [5.74, 6) is -0.990. The fraction of sp³-hybridized carbons (Fsp3) is 0.257. The number of carbonyl (C=O) groups excluding carboxylic acids is 2. The van der Waals surface area contributed by atoms with Crippen molar-refractivity contribution < 1.29 is 18.0 Å².